The lowest BCUT2D eigenvalue weighted by Gasteiger charge is -2.34. The van der Waals surface area contributed by atoms with Gasteiger partial charge in [-0.3, -0.25) is 0 Å². The summed E-state index contributed by atoms with van der Waals surface area (Å²) in [4.78, 5) is 22.6. The number of imidazole rings is 1. The largest absolute Gasteiger partial charge is 0.365 e. The maximum absolute atomic E-state index is 12.5. The van der Waals surface area contributed by atoms with Crippen molar-refractivity contribution in [3.05, 3.63) is 29.8 Å². The second-order valence-electron chi connectivity index (χ2n) is 9.61. The summed E-state index contributed by atoms with van der Waals surface area (Å²) in [7, 11) is 0. The molecule has 2 aromatic heterocycles. The van der Waals surface area contributed by atoms with Gasteiger partial charge >= 0.3 is 6.03 Å². The average molecular weight is 482 g/mol. The molecule has 1 aliphatic heterocycles. The van der Waals surface area contributed by atoms with Crippen LogP contribution in [0, 0.1) is 6.92 Å². The molecule has 3 aromatic rings. The summed E-state index contributed by atoms with van der Waals surface area (Å²) in [5.74, 6) is 1.000. The van der Waals surface area contributed by atoms with Crippen LogP contribution >= 0.6 is 11.3 Å². The minimum Gasteiger partial charge on any atom is -0.365 e. The molecule has 3 heterocycles. The molecule has 8 nitrogen and oxygen atoms in total. The standard InChI is InChI=1S/C25H35N7OS/c1-4-18(3)26-23(33)30-13-15-31(16-14-30)25-29-32-22(27-20-7-5-6-8-20)21(28-24(32)34-25)19-11-9-17(2)10-12-19/h9-12,18,20,27H,4-8,13-16H2,1-3H3,(H,26,33). The maximum atomic E-state index is 12.5. The summed E-state index contributed by atoms with van der Waals surface area (Å²) in [6.07, 6.45) is 5.87. The fourth-order valence-electron chi connectivity index (χ4n) is 4.68. The zero-order chi connectivity index (χ0) is 23.7. The van der Waals surface area contributed by atoms with Gasteiger partial charge in [-0.1, -0.05) is 60.9 Å². The van der Waals surface area contributed by atoms with E-state index < -0.39 is 0 Å². The Morgan fingerprint density at radius 2 is 1.85 bits per heavy atom. The van der Waals surface area contributed by atoms with Crippen molar-refractivity contribution < 1.29 is 4.79 Å². The number of fused-ring (bicyclic) bond motifs is 1. The first kappa shape index (κ1) is 23.0. The first-order valence-electron chi connectivity index (χ1n) is 12.6. The van der Waals surface area contributed by atoms with Gasteiger partial charge in [0.2, 0.25) is 10.1 Å². The Kier molecular flexibility index (Phi) is 6.63. The van der Waals surface area contributed by atoms with Crippen LogP contribution in [0.25, 0.3) is 16.2 Å². The van der Waals surface area contributed by atoms with E-state index in [1.165, 1.54) is 31.2 Å². The number of nitrogens with one attached hydrogen (secondary N) is 2. The van der Waals surface area contributed by atoms with E-state index >= 15 is 0 Å². The third kappa shape index (κ3) is 4.71. The number of nitrogens with zero attached hydrogens (tertiary/aromatic N) is 5. The van der Waals surface area contributed by atoms with Crippen molar-refractivity contribution in [3.63, 3.8) is 0 Å². The molecule has 9 heteroatoms. The molecule has 0 bridgehead atoms. The zero-order valence-electron chi connectivity index (χ0n) is 20.4. The van der Waals surface area contributed by atoms with E-state index in [-0.39, 0.29) is 12.1 Å². The van der Waals surface area contributed by atoms with Gasteiger partial charge in [0.05, 0.1) is 0 Å². The molecule has 1 aliphatic carbocycles. The number of aromatic nitrogens is 3. The molecule has 2 N–H and O–H groups in total. The van der Waals surface area contributed by atoms with E-state index in [4.69, 9.17) is 10.1 Å². The SMILES string of the molecule is CCC(C)NC(=O)N1CCN(c2nn3c(NC4CCCC4)c(-c4ccc(C)cc4)nc3s2)CC1. The van der Waals surface area contributed by atoms with Gasteiger partial charge in [-0.15, -0.1) is 5.10 Å². The number of anilines is 2. The summed E-state index contributed by atoms with van der Waals surface area (Å²) < 4.78 is 2.00. The summed E-state index contributed by atoms with van der Waals surface area (Å²) in [5, 5.41) is 12.8. The van der Waals surface area contributed by atoms with Gasteiger partial charge in [-0.25, -0.2) is 9.78 Å². The topological polar surface area (TPSA) is 77.8 Å². The number of hydrogen-bond donors (Lipinski definition) is 2. The van der Waals surface area contributed by atoms with Gasteiger partial charge in [-0.2, -0.15) is 4.52 Å². The van der Waals surface area contributed by atoms with Gasteiger partial charge < -0.3 is 20.4 Å². The molecule has 34 heavy (non-hydrogen) atoms. The number of benzene rings is 1. The Morgan fingerprint density at radius 3 is 2.53 bits per heavy atom. The number of rotatable bonds is 6. The van der Waals surface area contributed by atoms with Crippen LogP contribution in [0.15, 0.2) is 24.3 Å². The van der Waals surface area contributed by atoms with Gasteiger partial charge in [-0.05, 0) is 33.1 Å². The van der Waals surface area contributed by atoms with Crippen molar-refractivity contribution in [3.8, 4) is 11.3 Å². The number of hydrogen-bond acceptors (Lipinski definition) is 6. The lowest BCUT2D eigenvalue weighted by Crippen LogP contribution is -2.53. The van der Waals surface area contributed by atoms with E-state index in [1.54, 1.807) is 11.3 Å². The highest BCUT2D eigenvalue weighted by molar-refractivity contribution is 7.20. The summed E-state index contributed by atoms with van der Waals surface area (Å²) in [5.41, 5.74) is 3.34. The molecule has 0 spiro atoms. The number of carbonyl (C=O) groups excluding carboxylic acids is 1. The number of carbonyl (C=O) groups is 1. The minimum atomic E-state index is 0.0359. The number of aryl methyl sites for hydroxylation is 1. The smallest absolute Gasteiger partial charge is 0.317 e. The monoisotopic (exact) mass is 481 g/mol. The lowest BCUT2D eigenvalue weighted by atomic mass is 10.1. The first-order valence-corrected chi connectivity index (χ1v) is 13.4. The summed E-state index contributed by atoms with van der Waals surface area (Å²) >= 11 is 1.63. The van der Waals surface area contributed by atoms with Crippen molar-refractivity contribution >= 4 is 33.3 Å². The van der Waals surface area contributed by atoms with Crippen molar-refractivity contribution in [2.45, 2.75) is 65.0 Å². The molecule has 1 atom stereocenters. The summed E-state index contributed by atoms with van der Waals surface area (Å²) in [6.45, 7) is 9.19. The molecular formula is C25H35N7OS. The van der Waals surface area contributed by atoms with Crippen LogP contribution < -0.4 is 15.5 Å². The van der Waals surface area contributed by atoms with Crippen LogP contribution in [0.2, 0.25) is 0 Å². The van der Waals surface area contributed by atoms with Crippen LogP contribution in [-0.4, -0.2) is 63.8 Å². The average Bonchev–Trinajstić information content (AvgIpc) is 3.58. The Balaban J connectivity index is 1.36. The van der Waals surface area contributed by atoms with Crippen molar-refractivity contribution in [2.24, 2.45) is 0 Å². The highest BCUT2D eigenvalue weighted by atomic mass is 32.1. The molecule has 1 aromatic carbocycles. The molecule has 5 rings (SSSR count). The maximum Gasteiger partial charge on any atom is 0.317 e. The molecule has 0 radical (unpaired) electrons. The van der Waals surface area contributed by atoms with Crippen LogP contribution in [-0.2, 0) is 0 Å². The first-order chi connectivity index (χ1) is 16.5. The molecule has 1 saturated carbocycles. The van der Waals surface area contributed by atoms with Crippen molar-refractivity contribution in [2.75, 3.05) is 36.4 Å². The van der Waals surface area contributed by atoms with Crippen LogP contribution in [0.3, 0.4) is 0 Å². The molecule has 182 valence electrons. The number of urea groups is 1. The fraction of sp³-hybridized carbons (Fsp3) is 0.560. The Morgan fingerprint density at radius 1 is 1.15 bits per heavy atom. The van der Waals surface area contributed by atoms with Gasteiger partial charge in [0.1, 0.15) is 5.69 Å². The molecule has 1 saturated heterocycles. The molecule has 2 fully saturated rings. The highest BCUT2D eigenvalue weighted by Crippen LogP contribution is 2.35. The highest BCUT2D eigenvalue weighted by Gasteiger charge is 2.27. The summed E-state index contributed by atoms with van der Waals surface area (Å²) in [6, 6.07) is 9.27. The predicted molar refractivity (Wildman–Crippen MR) is 139 cm³/mol. The second kappa shape index (κ2) is 9.82. The van der Waals surface area contributed by atoms with Gasteiger partial charge in [0.15, 0.2) is 5.82 Å². The van der Waals surface area contributed by atoms with E-state index in [2.05, 4.69) is 53.6 Å². The van der Waals surface area contributed by atoms with Gasteiger partial charge in [0, 0.05) is 43.8 Å². The van der Waals surface area contributed by atoms with Crippen LogP contribution in [0.5, 0.6) is 0 Å². The Hall–Kier alpha value is -2.81. The fourth-order valence-corrected chi connectivity index (χ4v) is 5.63. The van der Waals surface area contributed by atoms with E-state index in [1.807, 2.05) is 16.3 Å². The van der Waals surface area contributed by atoms with E-state index in [0.717, 1.165) is 46.7 Å². The molecule has 2 aliphatic rings. The van der Waals surface area contributed by atoms with Gasteiger partial charge in [0.25, 0.3) is 0 Å². The molecule has 1 unspecified atom stereocenters. The Labute approximate surface area is 205 Å². The van der Waals surface area contributed by atoms with E-state index in [9.17, 15) is 4.79 Å². The third-order valence-corrected chi connectivity index (χ3v) is 8.00. The second-order valence-corrected chi connectivity index (χ2v) is 10.5. The number of piperazine rings is 1. The zero-order valence-corrected chi connectivity index (χ0v) is 21.2. The van der Waals surface area contributed by atoms with Crippen LogP contribution in [0.4, 0.5) is 15.7 Å². The van der Waals surface area contributed by atoms with Crippen LogP contribution in [0.1, 0.15) is 51.5 Å². The van der Waals surface area contributed by atoms with Crippen molar-refractivity contribution in [1.29, 1.82) is 0 Å². The lowest BCUT2D eigenvalue weighted by molar-refractivity contribution is 0.190. The molecular weight excluding hydrogens is 446 g/mol. The van der Waals surface area contributed by atoms with Crippen molar-refractivity contribution in [1.82, 2.24) is 24.8 Å². The predicted octanol–water partition coefficient (Wildman–Crippen LogP) is 4.75. The van der Waals surface area contributed by atoms with E-state index in [0.29, 0.717) is 19.1 Å². The normalized spacial score (nSPS) is 18.0. The molecule has 2 amide bonds. The Bertz CT molecular complexity index is 1120. The third-order valence-electron chi connectivity index (χ3n) is 7.03. The minimum absolute atomic E-state index is 0.0359. The quantitative estimate of drug-likeness (QED) is 0.531. The number of amides is 2.